The molecule has 0 aliphatic carbocycles. The number of fused-ring (bicyclic) bond motifs is 1. The smallest absolute Gasteiger partial charge is 0.0833 e. The van der Waals surface area contributed by atoms with Crippen LogP contribution in [0.15, 0.2) is 80.3 Å². The first kappa shape index (κ1) is 19.0. The molecule has 140 valence electrons. The number of allylic oxidation sites excluding steroid dienone is 1. The fourth-order valence-electron chi connectivity index (χ4n) is 4.10. The molecule has 0 N–H and O–H groups in total. The lowest BCUT2D eigenvalue weighted by atomic mass is 9.91. The van der Waals surface area contributed by atoms with Gasteiger partial charge in [-0.3, -0.25) is 0 Å². The normalized spacial score (nSPS) is 14.2. The zero-order valence-electron chi connectivity index (χ0n) is 16.6. The van der Waals surface area contributed by atoms with Crippen molar-refractivity contribution >= 4 is 5.69 Å². The number of nitrogens with zero attached hydrogens (tertiary/aromatic N) is 2. The van der Waals surface area contributed by atoms with Crippen molar-refractivity contribution < 1.29 is 0 Å². The van der Waals surface area contributed by atoms with E-state index in [4.69, 9.17) is 0 Å². The van der Waals surface area contributed by atoms with Gasteiger partial charge in [-0.1, -0.05) is 75.0 Å². The van der Waals surface area contributed by atoms with Crippen molar-refractivity contribution in [3.8, 4) is 0 Å². The molecule has 0 aromatic heterocycles. The highest BCUT2D eigenvalue weighted by Gasteiger charge is 2.25. The Morgan fingerprint density at radius 3 is 2.56 bits per heavy atom. The summed E-state index contributed by atoms with van der Waals surface area (Å²) in [5, 5.41) is 0. The number of benzene rings is 2. The molecule has 2 heteroatoms. The first-order chi connectivity index (χ1) is 13.2. The van der Waals surface area contributed by atoms with Crippen molar-refractivity contribution in [2.45, 2.75) is 39.2 Å². The Kier molecular flexibility index (Phi) is 6.18. The molecule has 0 saturated heterocycles. The van der Waals surface area contributed by atoms with Gasteiger partial charge in [-0.05, 0) is 54.4 Å². The van der Waals surface area contributed by atoms with Gasteiger partial charge in [-0.2, -0.15) is 0 Å². The molecule has 0 bridgehead atoms. The van der Waals surface area contributed by atoms with Crippen molar-refractivity contribution in [1.82, 2.24) is 4.90 Å². The Bertz CT molecular complexity index is 820. The molecule has 0 saturated carbocycles. The largest absolute Gasteiger partial charge is 0.348 e. The Balaban J connectivity index is 2.16. The standard InChI is InChI=1S/C25H30N2/c1-5-12-21-18-23(19-22-15-17-27(8-4)25(21)22)24(26(7-3)16-6-2)20-13-10-9-11-14-20/h6-11,13-14,16,18-19,24H,3-5,12,15,17H2,1-2H3/b16-6-. The predicted molar refractivity (Wildman–Crippen MR) is 117 cm³/mol. The van der Waals surface area contributed by atoms with Crippen molar-refractivity contribution in [3.05, 3.63) is 103 Å². The minimum atomic E-state index is 0.124. The average molecular weight is 359 g/mol. The van der Waals surface area contributed by atoms with Crippen LogP contribution < -0.4 is 4.90 Å². The van der Waals surface area contributed by atoms with E-state index in [9.17, 15) is 0 Å². The lowest BCUT2D eigenvalue weighted by Gasteiger charge is -2.30. The molecule has 0 spiro atoms. The van der Waals surface area contributed by atoms with Crippen molar-refractivity contribution in [2.75, 3.05) is 11.4 Å². The number of aryl methyl sites for hydroxylation is 1. The molecule has 27 heavy (non-hydrogen) atoms. The molecule has 2 nitrogen and oxygen atoms in total. The van der Waals surface area contributed by atoms with Crippen LogP contribution in [-0.4, -0.2) is 11.4 Å². The second kappa shape index (κ2) is 8.77. The molecular weight excluding hydrogens is 328 g/mol. The molecule has 2 aromatic carbocycles. The van der Waals surface area contributed by atoms with E-state index in [1.807, 2.05) is 19.3 Å². The maximum absolute atomic E-state index is 4.06. The summed E-state index contributed by atoms with van der Waals surface area (Å²) in [6.45, 7) is 13.4. The van der Waals surface area contributed by atoms with Crippen LogP contribution in [0.3, 0.4) is 0 Å². The summed E-state index contributed by atoms with van der Waals surface area (Å²) in [5.41, 5.74) is 6.83. The van der Waals surface area contributed by atoms with Gasteiger partial charge < -0.3 is 9.80 Å². The van der Waals surface area contributed by atoms with Crippen LogP contribution in [0.25, 0.3) is 0 Å². The lowest BCUT2D eigenvalue weighted by Crippen LogP contribution is -2.20. The van der Waals surface area contributed by atoms with E-state index in [0.717, 1.165) is 25.8 Å². The van der Waals surface area contributed by atoms with Crippen molar-refractivity contribution in [3.63, 3.8) is 0 Å². The zero-order valence-corrected chi connectivity index (χ0v) is 16.6. The van der Waals surface area contributed by atoms with E-state index >= 15 is 0 Å². The van der Waals surface area contributed by atoms with Gasteiger partial charge in [-0.25, -0.2) is 0 Å². The second-order valence-corrected chi connectivity index (χ2v) is 6.99. The fourth-order valence-corrected chi connectivity index (χ4v) is 4.10. The summed E-state index contributed by atoms with van der Waals surface area (Å²) in [7, 11) is 0. The second-order valence-electron chi connectivity index (χ2n) is 6.99. The van der Waals surface area contributed by atoms with Gasteiger partial charge in [0, 0.05) is 18.4 Å². The summed E-state index contributed by atoms with van der Waals surface area (Å²) >= 11 is 0. The molecule has 0 fully saturated rings. The van der Waals surface area contributed by atoms with Crippen molar-refractivity contribution in [1.29, 1.82) is 0 Å². The average Bonchev–Trinajstić information content (AvgIpc) is 3.12. The summed E-state index contributed by atoms with van der Waals surface area (Å²) in [4.78, 5) is 4.51. The van der Waals surface area contributed by atoms with E-state index in [1.54, 1.807) is 0 Å². The van der Waals surface area contributed by atoms with E-state index in [1.165, 1.54) is 27.9 Å². The Morgan fingerprint density at radius 2 is 1.93 bits per heavy atom. The minimum absolute atomic E-state index is 0.124. The third-order valence-electron chi connectivity index (χ3n) is 5.20. The van der Waals surface area contributed by atoms with E-state index in [-0.39, 0.29) is 6.04 Å². The summed E-state index contributed by atoms with van der Waals surface area (Å²) < 4.78 is 0. The molecule has 3 rings (SSSR count). The van der Waals surface area contributed by atoms with Crippen LogP contribution in [0.4, 0.5) is 5.69 Å². The SMILES string of the molecule is C=CN1CCc2cc(C(c3ccccc3)N(C=C)/C=C\C)cc(CCC)c21. The van der Waals surface area contributed by atoms with Gasteiger partial charge in [0.2, 0.25) is 0 Å². The molecule has 1 aliphatic heterocycles. The maximum Gasteiger partial charge on any atom is 0.0833 e. The Hall–Kier alpha value is -2.74. The van der Waals surface area contributed by atoms with Crippen LogP contribution in [-0.2, 0) is 12.8 Å². The molecule has 1 aliphatic rings. The van der Waals surface area contributed by atoms with Gasteiger partial charge in [-0.15, -0.1) is 0 Å². The summed E-state index contributed by atoms with van der Waals surface area (Å²) in [5.74, 6) is 0. The number of anilines is 1. The third kappa shape index (κ3) is 3.85. The van der Waals surface area contributed by atoms with E-state index in [2.05, 4.69) is 84.6 Å². The van der Waals surface area contributed by atoms with Gasteiger partial charge >= 0.3 is 0 Å². The van der Waals surface area contributed by atoms with Gasteiger partial charge in [0.1, 0.15) is 0 Å². The molecular formula is C25H30N2. The molecule has 2 aromatic rings. The lowest BCUT2D eigenvalue weighted by molar-refractivity contribution is 0.427. The number of hydrogen-bond donors (Lipinski definition) is 0. The van der Waals surface area contributed by atoms with Gasteiger partial charge in [0.15, 0.2) is 0 Å². The van der Waals surface area contributed by atoms with Gasteiger partial charge in [0.25, 0.3) is 0 Å². The molecule has 0 amide bonds. The first-order valence-electron chi connectivity index (χ1n) is 9.86. The maximum atomic E-state index is 4.06. The highest BCUT2D eigenvalue weighted by Crippen LogP contribution is 2.38. The number of hydrogen-bond acceptors (Lipinski definition) is 2. The van der Waals surface area contributed by atoms with Crippen LogP contribution in [0.2, 0.25) is 0 Å². The highest BCUT2D eigenvalue weighted by atomic mass is 15.1. The molecule has 1 heterocycles. The first-order valence-corrected chi connectivity index (χ1v) is 9.86. The molecule has 1 atom stereocenters. The summed E-state index contributed by atoms with van der Waals surface area (Å²) in [6.07, 6.45) is 11.3. The van der Waals surface area contributed by atoms with Crippen LogP contribution in [0, 0.1) is 0 Å². The van der Waals surface area contributed by atoms with Crippen LogP contribution in [0.5, 0.6) is 0 Å². The molecule has 0 radical (unpaired) electrons. The third-order valence-corrected chi connectivity index (χ3v) is 5.20. The summed E-state index contributed by atoms with van der Waals surface area (Å²) in [6, 6.07) is 15.6. The quantitative estimate of drug-likeness (QED) is 0.553. The Labute approximate surface area is 164 Å². The van der Waals surface area contributed by atoms with E-state index in [0.29, 0.717) is 0 Å². The van der Waals surface area contributed by atoms with Crippen LogP contribution in [0.1, 0.15) is 48.6 Å². The monoisotopic (exact) mass is 358 g/mol. The molecule has 1 unspecified atom stereocenters. The van der Waals surface area contributed by atoms with Crippen LogP contribution >= 0.6 is 0 Å². The van der Waals surface area contributed by atoms with Crippen molar-refractivity contribution in [2.24, 2.45) is 0 Å². The topological polar surface area (TPSA) is 6.48 Å². The van der Waals surface area contributed by atoms with Gasteiger partial charge in [0.05, 0.1) is 6.04 Å². The highest BCUT2D eigenvalue weighted by molar-refractivity contribution is 5.67. The minimum Gasteiger partial charge on any atom is -0.348 e. The zero-order chi connectivity index (χ0) is 19.2. The predicted octanol–water partition coefficient (Wildman–Crippen LogP) is 6.21. The number of rotatable bonds is 8. The Morgan fingerprint density at radius 1 is 1.15 bits per heavy atom. The van der Waals surface area contributed by atoms with E-state index < -0.39 is 0 Å². The fraction of sp³-hybridized carbons (Fsp3) is 0.280.